The van der Waals surface area contributed by atoms with Gasteiger partial charge in [-0.2, -0.15) is 0 Å². The zero-order valence-corrected chi connectivity index (χ0v) is 11.2. The van der Waals surface area contributed by atoms with Crippen molar-refractivity contribution in [1.82, 2.24) is 5.32 Å². The smallest absolute Gasteiger partial charge is 0.176 e. The monoisotopic (exact) mass is 269 g/mol. The van der Waals surface area contributed by atoms with Gasteiger partial charge in [0.25, 0.3) is 0 Å². The fraction of sp³-hybridized carbons (Fsp3) is 0.500. The van der Waals surface area contributed by atoms with Crippen LogP contribution in [0.25, 0.3) is 0 Å². The number of rotatable bonds is 4. The molecule has 2 rings (SSSR count). The lowest BCUT2D eigenvalue weighted by molar-refractivity contribution is 0.0984. The molecule has 0 aromatic heterocycles. The number of phenolic OH excluding ortho intramolecular Hbond substituents is 1. The first-order valence-electron chi connectivity index (χ1n) is 6.31. The maximum Gasteiger partial charge on any atom is 0.176 e. The largest absolute Gasteiger partial charge is 0.508 e. The second-order valence-electron chi connectivity index (χ2n) is 4.69. The predicted octanol–water partition coefficient (Wildman–Crippen LogP) is 2.92. The Morgan fingerprint density at radius 2 is 2.00 bits per heavy atom. The summed E-state index contributed by atoms with van der Waals surface area (Å²) in [5.41, 5.74) is 0.577. The van der Waals surface area contributed by atoms with Gasteiger partial charge in [-0.3, -0.25) is 4.79 Å². The summed E-state index contributed by atoms with van der Waals surface area (Å²) >= 11 is 0. The molecule has 0 aliphatic heterocycles. The zero-order chi connectivity index (χ0) is 12.1. The molecule has 0 atom stereocenters. The molecule has 4 heteroatoms. The van der Waals surface area contributed by atoms with E-state index in [9.17, 15) is 9.90 Å². The lowest BCUT2D eigenvalue weighted by Crippen LogP contribution is -2.35. The second-order valence-corrected chi connectivity index (χ2v) is 4.69. The average Bonchev–Trinajstić information content (AvgIpc) is 2.37. The van der Waals surface area contributed by atoms with Crippen LogP contribution in [0.4, 0.5) is 0 Å². The van der Waals surface area contributed by atoms with Crippen LogP contribution < -0.4 is 5.32 Å². The molecule has 0 bridgehead atoms. The van der Waals surface area contributed by atoms with Crippen LogP contribution in [-0.2, 0) is 0 Å². The van der Waals surface area contributed by atoms with E-state index in [1.807, 2.05) is 0 Å². The maximum absolute atomic E-state index is 11.9. The Bertz CT molecular complexity index is 389. The van der Waals surface area contributed by atoms with Crippen molar-refractivity contribution >= 4 is 18.2 Å². The number of carbonyl (C=O) groups is 1. The van der Waals surface area contributed by atoms with Gasteiger partial charge >= 0.3 is 0 Å². The second kappa shape index (κ2) is 7.39. The molecule has 2 N–H and O–H groups in total. The molecule has 1 aliphatic rings. The van der Waals surface area contributed by atoms with Crippen molar-refractivity contribution in [3.63, 3.8) is 0 Å². The molecule has 1 aromatic carbocycles. The Kier molecular flexibility index (Phi) is 6.16. The van der Waals surface area contributed by atoms with E-state index < -0.39 is 0 Å². The minimum Gasteiger partial charge on any atom is -0.508 e. The molecule has 1 saturated carbocycles. The third-order valence-electron chi connectivity index (χ3n) is 3.32. The normalized spacial score (nSPS) is 16.0. The number of hydrogen-bond acceptors (Lipinski definition) is 3. The van der Waals surface area contributed by atoms with Crippen LogP contribution in [0.3, 0.4) is 0 Å². The number of nitrogens with one attached hydrogen (secondary N) is 1. The van der Waals surface area contributed by atoms with E-state index in [4.69, 9.17) is 0 Å². The van der Waals surface area contributed by atoms with Gasteiger partial charge in [0.05, 0.1) is 6.54 Å². The first-order valence-corrected chi connectivity index (χ1v) is 6.31. The van der Waals surface area contributed by atoms with Crippen molar-refractivity contribution in [3.8, 4) is 5.75 Å². The number of phenols is 1. The molecular weight excluding hydrogens is 250 g/mol. The van der Waals surface area contributed by atoms with Crippen molar-refractivity contribution in [3.05, 3.63) is 29.8 Å². The average molecular weight is 270 g/mol. The molecule has 0 amide bonds. The van der Waals surface area contributed by atoms with Crippen molar-refractivity contribution in [1.29, 1.82) is 0 Å². The molecule has 0 radical (unpaired) electrons. The van der Waals surface area contributed by atoms with Crippen LogP contribution in [-0.4, -0.2) is 23.5 Å². The van der Waals surface area contributed by atoms with E-state index in [-0.39, 0.29) is 23.9 Å². The molecule has 0 saturated heterocycles. The Balaban J connectivity index is 0.00000162. The van der Waals surface area contributed by atoms with Gasteiger partial charge in [0.1, 0.15) is 5.75 Å². The zero-order valence-electron chi connectivity index (χ0n) is 10.4. The number of Topliss-reactive ketones (excluding diaryl/α,β-unsaturated/α-hetero) is 1. The first-order chi connectivity index (χ1) is 8.25. The van der Waals surface area contributed by atoms with Gasteiger partial charge < -0.3 is 10.4 Å². The van der Waals surface area contributed by atoms with Gasteiger partial charge in [-0.15, -0.1) is 12.4 Å². The highest BCUT2D eigenvalue weighted by Gasteiger charge is 2.14. The number of benzene rings is 1. The van der Waals surface area contributed by atoms with Crippen LogP contribution in [0.5, 0.6) is 5.75 Å². The minimum absolute atomic E-state index is 0. The summed E-state index contributed by atoms with van der Waals surface area (Å²) in [5, 5.41) is 12.6. The van der Waals surface area contributed by atoms with Crippen molar-refractivity contribution in [2.24, 2.45) is 0 Å². The lowest BCUT2D eigenvalue weighted by atomic mass is 9.95. The van der Waals surface area contributed by atoms with Crippen molar-refractivity contribution < 1.29 is 9.90 Å². The highest BCUT2D eigenvalue weighted by atomic mass is 35.5. The first kappa shape index (κ1) is 15.0. The molecule has 100 valence electrons. The Morgan fingerprint density at radius 3 is 2.67 bits per heavy atom. The Hall–Kier alpha value is -1.06. The third kappa shape index (κ3) is 4.31. The van der Waals surface area contributed by atoms with E-state index in [0.717, 1.165) is 0 Å². The van der Waals surface area contributed by atoms with Gasteiger partial charge in [0.15, 0.2) is 5.78 Å². The Labute approximate surface area is 114 Å². The molecule has 1 aromatic rings. The molecule has 0 heterocycles. The molecule has 0 unspecified atom stereocenters. The van der Waals surface area contributed by atoms with Crippen LogP contribution in [0.15, 0.2) is 24.3 Å². The van der Waals surface area contributed by atoms with Gasteiger partial charge in [-0.05, 0) is 25.0 Å². The summed E-state index contributed by atoms with van der Waals surface area (Å²) in [7, 11) is 0. The lowest BCUT2D eigenvalue weighted by Gasteiger charge is -2.22. The fourth-order valence-corrected chi connectivity index (χ4v) is 2.33. The molecule has 3 nitrogen and oxygen atoms in total. The van der Waals surface area contributed by atoms with E-state index in [0.29, 0.717) is 18.2 Å². The van der Waals surface area contributed by atoms with E-state index in [1.54, 1.807) is 18.2 Å². The highest BCUT2D eigenvalue weighted by molar-refractivity contribution is 5.97. The number of ketones is 1. The number of carbonyl (C=O) groups excluding carboxylic acids is 1. The summed E-state index contributed by atoms with van der Waals surface area (Å²) in [4.78, 5) is 11.9. The Morgan fingerprint density at radius 1 is 1.28 bits per heavy atom. The molecule has 18 heavy (non-hydrogen) atoms. The maximum atomic E-state index is 11.9. The number of halogens is 1. The van der Waals surface area contributed by atoms with Crippen molar-refractivity contribution in [2.75, 3.05) is 6.54 Å². The van der Waals surface area contributed by atoms with Crippen molar-refractivity contribution in [2.45, 2.75) is 38.1 Å². The number of hydrogen-bond donors (Lipinski definition) is 2. The predicted molar refractivity (Wildman–Crippen MR) is 74.6 cm³/mol. The van der Waals surface area contributed by atoms with Gasteiger partial charge in [-0.1, -0.05) is 31.4 Å². The standard InChI is InChI=1S/C14H19NO2.ClH/c16-13-8-4-5-11(9-13)14(17)10-15-12-6-2-1-3-7-12;/h4-5,8-9,12,15-16H,1-3,6-7,10H2;1H. The molecule has 1 aliphatic carbocycles. The van der Waals surface area contributed by atoms with E-state index in [1.165, 1.54) is 38.2 Å². The van der Waals surface area contributed by atoms with Crippen LogP contribution >= 0.6 is 12.4 Å². The van der Waals surface area contributed by atoms with E-state index in [2.05, 4.69) is 5.32 Å². The molecular formula is C14H20ClNO2. The topological polar surface area (TPSA) is 49.3 Å². The summed E-state index contributed by atoms with van der Waals surface area (Å²) in [6.45, 7) is 0.369. The fourth-order valence-electron chi connectivity index (χ4n) is 2.33. The SMILES string of the molecule is Cl.O=C(CNC1CCCCC1)c1cccc(O)c1. The molecule has 0 spiro atoms. The number of aromatic hydroxyl groups is 1. The summed E-state index contributed by atoms with van der Waals surface area (Å²) in [6.07, 6.45) is 6.19. The molecule has 1 fully saturated rings. The third-order valence-corrected chi connectivity index (χ3v) is 3.32. The summed E-state index contributed by atoms with van der Waals surface area (Å²) < 4.78 is 0. The van der Waals surface area contributed by atoms with Crippen LogP contribution in [0, 0.1) is 0 Å². The van der Waals surface area contributed by atoms with Gasteiger partial charge in [-0.25, -0.2) is 0 Å². The highest BCUT2D eigenvalue weighted by Crippen LogP contribution is 2.17. The van der Waals surface area contributed by atoms with Crippen LogP contribution in [0.2, 0.25) is 0 Å². The summed E-state index contributed by atoms with van der Waals surface area (Å²) in [6, 6.07) is 7.02. The summed E-state index contributed by atoms with van der Waals surface area (Å²) in [5.74, 6) is 0.194. The van der Waals surface area contributed by atoms with Crippen LogP contribution in [0.1, 0.15) is 42.5 Å². The van der Waals surface area contributed by atoms with Gasteiger partial charge in [0.2, 0.25) is 0 Å². The quantitative estimate of drug-likeness (QED) is 0.827. The minimum atomic E-state index is 0. The van der Waals surface area contributed by atoms with Gasteiger partial charge in [0, 0.05) is 11.6 Å². The van der Waals surface area contributed by atoms with E-state index >= 15 is 0 Å².